The Kier molecular flexibility index (Phi) is 5.76. The van der Waals surface area contributed by atoms with Gasteiger partial charge in [-0.2, -0.15) is 0 Å². The van der Waals surface area contributed by atoms with E-state index in [2.05, 4.69) is 0 Å². The van der Waals surface area contributed by atoms with Crippen LogP contribution >= 0.6 is 0 Å². The third kappa shape index (κ3) is 4.05. The Morgan fingerprint density at radius 3 is 2.81 bits per heavy atom. The van der Waals surface area contributed by atoms with Gasteiger partial charge in [-0.25, -0.2) is 0 Å². The molecule has 1 aromatic carbocycles. The van der Waals surface area contributed by atoms with Crippen molar-refractivity contribution in [2.75, 3.05) is 6.54 Å². The summed E-state index contributed by atoms with van der Waals surface area (Å²) < 4.78 is 0. The summed E-state index contributed by atoms with van der Waals surface area (Å²) in [6.07, 6.45) is 3.66. The number of likely N-dealkylation sites (tertiary alicyclic amines) is 1. The topological polar surface area (TPSA) is 66.6 Å². The van der Waals surface area contributed by atoms with Gasteiger partial charge in [-0.15, -0.1) is 0 Å². The molecule has 0 spiro atoms. The zero-order chi connectivity index (χ0) is 15.2. The van der Waals surface area contributed by atoms with Crippen LogP contribution in [0.3, 0.4) is 0 Å². The molecular weight excluding hydrogens is 264 g/mol. The largest absolute Gasteiger partial charge is 0.388 e. The number of nitrogens with zero attached hydrogens (tertiary/aromatic N) is 1. The lowest BCUT2D eigenvalue weighted by Crippen LogP contribution is -2.46. The number of rotatable bonds is 6. The van der Waals surface area contributed by atoms with Crippen molar-refractivity contribution in [2.24, 2.45) is 5.73 Å². The lowest BCUT2D eigenvalue weighted by Gasteiger charge is -2.29. The van der Waals surface area contributed by atoms with Crippen LogP contribution in [0, 0.1) is 0 Å². The number of aliphatic hydroxyl groups excluding tert-OH is 1. The Hall–Kier alpha value is -1.39. The second kappa shape index (κ2) is 7.57. The Morgan fingerprint density at radius 1 is 1.43 bits per heavy atom. The van der Waals surface area contributed by atoms with Crippen molar-refractivity contribution < 1.29 is 9.90 Å². The van der Waals surface area contributed by atoms with Crippen molar-refractivity contribution in [3.63, 3.8) is 0 Å². The molecule has 0 radical (unpaired) electrons. The lowest BCUT2D eigenvalue weighted by atomic mass is 10.00. The first-order valence-electron chi connectivity index (χ1n) is 7.92. The fourth-order valence-electron chi connectivity index (χ4n) is 3.09. The van der Waals surface area contributed by atoms with Crippen LogP contribution in [0.5, 0.6) is 0 Å². The molecule has 0 saturated carbocycles. The first kappa shape index (κ1) is 16.0. The fourth-order valence-corrected chi connectivity index (χ4v) is 3.09. The van der Waals surface area contributed by atoms with Gasteiger partial charge in [-0.05, 0) is 31.2 Å². The second-order valence-corrected chi connectivity index (χ2v) is 5.89. The van der Waals surface area contributed by atoms with Gasteiger partial charge in [0.25, 0.3) is 0 Å². The van der Waals surface area contributed by atoms with Crippen molar-refractivity contribution in [3.05, 3.63) is 35.9 Å². The predicted molar refractivity (Wildman–Crippen MR) is 83.6 cm³/mol. The summed E-state index contributed by atoms with van der Waals surface area (Å²) in [6, 6.07) is 9.34. The average molecular weight is 290 g/mol. The van der Waals surface area contributed by atoms with E-state index in [9.17, 15) is 9.90 Å². The van der Waals surface area contributed by atoms with E-state index in [0.717, 1.165) is 37.8 Å². The molecule has 21 heavy (non-hydrogen) atoms. The van der Waals surface area contributed by atoms with Crippen molar-refractivity contribution in [1.29, 1.82) is 0 Å². The highest BCUT2D eigenvalue weighted by Gasteiger charge is 2.32. The predicted octanol–water partition coefficient (Wildman–Crippen LogP) is 2.23. The van der Waals surface area contributed by atoms with Gasteiger partial charge in [0.15, 0.2) is 0 Å². The summed E-state index contributed by atoms with van der Waals surface area (Å²) in [6.45, 7) is 2.80. The molecule has 1 amide bonds. The van der Waals surface area contributed by atoms with Gasteiger partial charge in [0, 0.05) is 12.6 Å². The molecule has 1 fully saturated rings. The van der Waals surface area contributed by atoms with Gasteiger partial charge < -0.3 is 15.7 Å². The van der Waals surface area contributed by atoms with E-state index in [-0.39, 0.29) is 11.9 Å². The quantitative estimate of drug-likeness (QED) is 0.844. The van der Waals surface area contributed by atoms with Crippen LogP contribution in [0.15, 0.2) is 30.3 Å². The first-order chi connectivity index (χ1) is 10.1. The van der Waals surface area contributed by atoms with Crippen LogP contribution in [-0.2, 0) is 4.79 Å². The second-order valence-electron chi connectivity index (χ2n) is 5.89. The minimum absolute atomic E-state index is 0.0413. The molecule has 116 valence electrons. The standard InChI is InChI=1S/C17H26N2O2/c1-2-7-15(18)17(21)19-11-6-10-14(19)12-16(20)13-8-4-3-5-9-13/h3-5,8-9,14-16,20H,2,6-7,10-12,18H2,1H3. The number of hydrogen-bond acceptors (Lipinski definition) is 3. The van der Waals surface area contributed by atoms with Crippen LogP contribution in [-0.4, -0.2) is 34.5 Å². The maximum Gasteiger partial charge on any atom is 0.239 e. The fraction of sp³-hybridized carbons (Fsp3) is 0.588. The molecule has 1 heterocycles. The highest BCUT2D eigenvalue weighted by molar-refractivity contribution is 5.82. The maximum absolute atomic E-state index is 12.4. The number of carbonyl (C=O) groups is 1. The summed E-state index contributed by atoms with van der Waals surface area (Å²) in [5.41, 5.74) is 6.87. The number of carbonyl (C=O) groups excluding carboxylic acids is 1. The van der Waals surface area contributed by atoms with E-state index in [1.54, 1.807) is 0 Å². The van der Waals surface area contributed by atoms with Gasteiger partial charge >= 0.3 is 0 Å². The third-order valence-electron chi connectivity index (χ3n) is 4.26. The molecule has 0 bridgehead atoms. The SMILES string of the molecule is CCCC(N)C(=O)N1CCCC1CC(O)c1ccccc1. The van der Waals surface area contributed by atoms with E-state index in [4.69, 9.17) is 5.73 Å². The molecular formula is C17H26N2O2. The Labute approximate surface area is 126 Å². The summed E-state index contributed by atoms with van der Waals surface area (Å²) in [4.78, 5) is 14.3. The van der Waals surface area contributed by atoms with E-state index in [0.29, 0.717) is 6.42 Å². The van der Waals surface area contributed by atoms with Crippen molar-refractivity contribution in [1.82, 2.24) is 4.90 Å². The number of aliphatic hydroxyl groups is 1. The molecule has 3 unspecified atom stereocenters. The molecule has 1 aliphatic rings. The molecule has 1 saturated heterocycles. The van der Waals surface area contributed by atoms with Gasteiger partial charge in [-0.1, -0.05) is 43.7 Å². The maximum atomic E-state index is 12.4. The summed E-state index contributed by atoms with van der Waals surface area (Å²) >= 11 is 0. The van der Waals surface area contributed by atoms with Crippen LogP contribution in [0.1, 0.15) is 50.7 Å². The van der Waals surface area contributed by atoms with Crippen LogP contribution in [0.2, 0.25) is 0 Å². The van der Waals surface area contributed by atoms with E-state index < -0.39 is 12.1 Å². The molecule has 0 aromatic heterocycles. The van der Waals surface area contributed by atoms with Crippen LogP contribution in [0.25, 0.3) is 0 Å². The molecule has 1 aliphatic heterocycles. The summed E-state index contributed by atoms with van der Waals surface area (Å²) in [7, 11) is 0. The van der Waals surface area contributed by atoms with Crippen LogP contribution < -0.4 is 5.73 Å². The highest BCUT2D eigenvalue weighted by Crippen LogP contribution is 2.27. The molecule has 4 heteroatoms. The average Bonchev–Trinajstić information content (AvgIpc) is 2.95. The zero-order valence-electron chi connectivity index (χ0n) is 12.7. The van der Waals surface area contributed by atoms with E-state index in [1.165, 1.54) is 0 Å². The number of nitrogens with two attached hydrogens (primary N) is 1. The molecule has 4 nitrogen and oxygen atoms in total. The highest BCUT2D eigenvalue weighted by atomic mass is 16.3. The minimum atomic E-state index is -0.521. The molecule has 3 atom stereocenters. The van der Waals surface area contributed by atoms with Gasteiger partial charge in [0.05, 0.1) is 12.1 Å². The first-order valence-corrected chi connectivity index (χ1v) is 7.92. The van der Waals surface area contributed by atoms with E-state index >= 15 is 0 Å². The lowest BCUT2D eigenvalue weighted by molar-refractivity contribution is -0.134. The Morgan fingerprint density at radius 2 is 2.14 bits per heavy atom. The Bertz CT molecular complexity index is 449. The molecule has 1 aromatic rings. The smallest absolute Gasteiger partial charge is 0.239 e. The van der Waals surface area contributed by atoms with Crippen molar-refractivity contribution in [3.8, 4) is 0 Å². The third-order valence-corrected chi connectivity index (χ3v) is 4.26. The number of benzene rings is 1. The van der Waals surface area contributed by atoms with Crippen molar-refractivity contribution >= 4 is 5.91 Å². The van der Waals surface area contributed by atoms with E-state index in [1.807, 2.05) is 42.2 Å². The normalized spacial score (nSPS) is 21.3. The molecule has 0 aliphatic carbocycles. The van der Waals surface area contributed by atoms with Crippen LogP contribution in [0.4, 0.5) is 0 Å². The molecule has 2 rings (SSSR count). The molecule has 3 N–H and O–H groups in total. The van der Waals surface area contributed by atoms with Gasteiger partial charge in [0.2, 0.25) is 5.91 Å². The van der Waals surface area contributed by atoms with Gasteiger partial charge in [-0.3, -0.25) is 4.79 Å². The minimum Gasteiger partial charge on any atom is -0.388 e. The monoisotopic (exact) mass is 290 g/mol. The zero-order valence-corrected chi connectivity index (χ0v) is 12.7. The summed E-state index contributed by atoms with van der Waals surface area (Å²) in [5, 5.41) is 10.4. The van der Waals surface area contributed by atoms with Crippen molar-refractivity contribution in [2.45, 2.75) is 57.2 Å². The Balaban J connectivity index is 1.97. The summed E-state index contributed by atoms with van der Waals surface area (Å²) in [5.74, 6) is 0.0413. The number of hydrogen-bond donors (Lipinski definition) is 2. The number of amides is 1. The van der Waals surface area contributed by atoms with Gasteiger partial charge in [0.1, 0.15) is 0 Å².